The highest BCUT2D eigenvalue weighted by atomic mass is 16.3. The van der Waals surface area contributed by atoms with E-state index in [2.05, 4.69) is 50.8 Å². The van der Waals surface area contributed by atoms with Crippen molar-refractivity contribution < 1.29 is 15.3 Å². The van der Waals surface area contributed by atoms with Gasteiger partial charge in [0.1, 0.15) is 5.60 Å². The summed E-state index contributed by atoms with van der Waals surface area (Å²) in [4.78, 5) is 0. The van der Waals surface area contributed by atoms with E-state index in [0.717, 1.165) is 32.1 Å². The molecule has 0 aromatic rings. The molecule has 0 aromatic heterocycles. The van der Waals surface area contributed by atoms with Crippen LogP contribution in [0.4, 0.5) is 0 Å². The van der Waals surface area contributed by atoms with Crippen molar-refractivity contribution in [2.75, 3.05) is 0 Å². The zero-order valence-corrected chi connectivity index (χ0v) is 21.3. The fourth-order valence-corrected chi connectivity index (χ4v) is 7.53. The molecule has 0 bridgehead atoms. The highest BCUT2D eigenvalue weighted by molar-refractivity contribution is 5.43. The van der Waals surface area contributed by atoms with E-state index < -0.39 is 17.8 Å². The summed E-state index contributed by atoms with van der Waals surface area (Å²) in [5.74, 6) is 7.76. The van der Waals surface area contributed by atoms with Gasteiger partial charge < -0.3 is 15.3 Å². The first kappa shape index (κ1) is 24.8. The number of fused-ring (bicyclic) bond motifs is 5. The van der Waals surface area contributed by atoms with Crippen molar-refractivity contribution >= 4 is 0 Å². The van der Waals surface area contributed by atoms with E-state index in [1.165, 1.54) is 11.1 Å². The summed E-state index contributed by atoms with van der Waals surface area (Å²) >= 11 is 0. The second-order valence-corrected chi connectivity index (χ2v) is 11.7. The van der Waals surface area contributed by atoms with Gasteiger partial charge in [0.25, 0.3) is 0 Å². The Bertz CT molecular complexity index is 911. The predicted octanol–water partition coefficient (Wildman–Crippen LogP) is 5.71. The molecule has 0 heterocycles. The van der Waals surface area contributed by atoms with Crippen LogP contribution in [0, 0.1) is 40.4 Å². The summed E-state index contributed by atoms with van der Waals surface area (Å²) in [6, 6.07) is 0. The molecule has 3 nitrogen and oxygen atoms in total. The van der Waals surface area contributed by atoms with Crippen LogP contribution in [0.25, 0.3) is 0 Å². The van der Waals surface area contributed by atoms with E-state index in [1.807, 2.05) is 13.8 Å². The molecular formula is C30H44O3. The lowest BCUT2D eigenvalue weighted by molar-refractivity contribution is -0.0492. The lowest BCUT2D eigenvalue weighted by Gasteiger charge is -2.56. The van der Waals surface area contributed by atoms with Crippen molar-refractivity contribution in [1.29, 1.82) is 0 Å². The van der Waals surface area contributed by atoms with E-state index in [1.54, 1.807) is 5.57 Å². The van der Waals surface area contributed by atoms with Crippen LogP contribution in [0.2, 0.25) is 0 Å². The molecule has 0 amide bonds. The molecule has 0 radical (unpaired) electrons. The summed E-state index contributed by atoms with van der Waals surface area (Å²) in [5, 5.41) is 31.7. The van der Waals surface area contributed by atoms with Crippen molar-refractivity contribution in [3.63, 3.8) is 0 Å². The van der Waals surface area contributed by atoms with E-state index in [9.17, 15) is 15.3 Å². The first-order chi connectivity index (χ1) is 15.6. The molecule has 2 saturated carbocycles. The summed E-state index contributed by atoms with van der Waals surface area (Å²) < 4.78 is 0. The minimum atomic E-state index is -0.832. The molecule has 3 N–H and O–H groups in total. The van der Waals surface area contributed by atoms with Crippen LogP contribution in [0.5, 0.6) is 0 Å². The van der Waals surface area contributed by atoms with Crippen LogP contribution >= 0.6 is 0 Å². The second-order valence-electron chi connectivity index (χ2n) is 11.7. The molecule has 182 valence electrons. The third-order valence-electron chi connectivity index (χ3n) is 10.0. The topological polar surface area (TPSA) is 60.7 Å². The van der Waals surface area contributed by atoms with Crippen LogP contribution in [-0.2, 0) is 0 Å². The Labute approximate surface area is 201 Å². The number of aliphatic hydroxyl groups excluding tert-OH is 2. The molecule has 0 saturated heterocycles. The van der Waals surface area contributed by atoms with Crippen LogP contribution < -0.4 is 0 Å². The largest absolute Gasteiger partial charge is 0.393 e. The van der Waals surface area contributed by atoms with Crippen molar-refractivity contribution in [3.05, 3.63) is 34.9 Å². The number of hydrogen-bond donors (Lipinski definition) is 3. The zero-order valence-electron chi connectivity index (χ0n) is 21.3. The van der Waals surface area contributed by atoms with E-state index in [-0.39, 0.29) is 10.8 Å². The molecule has 3 heteroatoms. The van der Waals surface area contributed by atoms with Gasteiger partial charge in [0.15, 0.2) is 0 Å². The summed E-state index contributed by atoms with van der Waals surface area (Å²) in [6.45, 7) is 11.0. The Morgan fingerprint density at radius 2 is 1.88 bits per heavy atom. The van der Waals surface area contributed by atoms with E-state index in [0.29, 0.717) is 43.4 Å². The number of hydrogen-bond acceptors (Lipinski definition) is 3. The smallest absolute Gasteiger partial charge is 0.125 e. The Hall–Kier alpha value is -1.34. The molecular weight excluding hydrogens is 408 g/mol. The maximum Gasteiger partial charge on any atom is 0.125 e. The average Bonchev–Trinajstić information content (AvgIpc) is 3.15. The van der Waals surface area contributed by atoms with Gasteiger partial charge in [-0.25, -0.2) is 0 Å². The summed E-state index contributed by atoms with van der Waals surface area (Å²) in [7, 11) is 0. The maximum atomic E-state index is 11.1. The molecule has 33 heavy (non-hydrogen) atoms. The first-order valence-corrected chi connectivity index (χ1v) is 13.3. The minimum absolute atomic E-state index is 0.184. The van der Waals surface area contributed by atoms with Crippen LogP contribution in [0.15, 0.2) is 34.9 Å². The Morgan fingerprint density at radius 3 is 2.58 bits per heavy atom. The number of allylic oxidation sites excluding steroid dienone is 5. The highest BCUT2D eigenvalue weighted by Crippen LogP contribution is 2.64. The first-order valence-electron chi connectivity index (χ1n) is 13.3. The molecule has 2 fully saturated rings. The van der Waals surface area contributed by atoms with Gasteiger partial charge in [0, 0.05) is 18.3 Å². The lowest BCUT2D eigenvalue weighted by atomic mass is 9.49. The van der Waals surface area contributed by atoms with Gasteiger partial charge in [0.05, 0.1) is 12.2 Å². The van der Waals surface area contributed by atoms with Gasteiger partial charge in [-0.2, -0.15) is 0 Å². The Kier molecular flexibility index (Phi) is 6.78. The maximum absolute atomic E-state index is 11.1. The summed E-state index contributed by atoms with van der Waals surface area (Å²) in [5.41, 5.74) is 3.48. The zero-order chi connectivity index (χ0) is 24.0. The fourth-order valence-electron chi connectivity index (χ4n) is 7.53. The Balaban J connectivity index is 1.49. The molecule has 4 aliphatic carbocycles. The molecule has 3 unspecified atom stereocenters. The molecule has 0 spiro atoms. The van der Waals surface area contributed by atoms with Gasteiger partial charge in [-0.3, -0.25) is 0 Å². The van der Waals surface area contributed by atoms with Crippen molar-refractivity contribution in [1.82, 2.24) is 0 Å². The van der Waals surface area contributed by atoms with Gasteiger partial charge in [-0.1, -0.05) is 75.5 Å². The van der Waals surface area contributed by atoms with Gasteiger partial charge in [0.2, 0.25) is 0 Å². The minimum Gasteiger partial charge on any atom is -0.393 e. The normalized spacial score (nSPS) is 38.6. The van der Waals surface area contributed by atoms with Crippen LogP contribution in [0.3, 0.4) is 0 Å². The van der Waals surface area contributed by atoms with Crippen molar-refractivity contribution in [2.24, 2.45) is 28.6 Å². The molecule has 7 atom stereocenters. The van der Waals surface area contributed by atoms with Crippen LogP contribution in [-0.4, -0.2) is 33.1 Å². The molecule has 0 aromatic carbocycles. The van der Waals surface area contributed by atoms with Crippen molar-refractivity contribution in [2.45, 2.75) is 110 Å². The number of rotatable bonds is 5. The monoisotopic (exact) mass is 452 g/mol. The number of aliphatic hydroxyl groups is 3. The molecule has 4 rings (SSSR count). The van der Waals surface area contributed by atoms with E-state index >= 15 is 0 Å². The summed E-state index contributed by atoms with van der Waals surface area (Å²) in [6.07, 6.45) is 13.9. The van der Waals surface area contributed by atoms with Gasteiger partial charge in [-0.05, 0) is 68.1 Å². The third-order valence-corrected chi connectivity index (χ3v) is 10.0. The van der Waals surface area contributed by atoms with E-state index in [4.69, 9.17) is 0 Å². The SMILES string of the molecule is CCC(O)(C#CCCC(C)C1=CC[C@H]2C3=CC=C4CC(O)CC(O)[C@]4(C)[C@H]3CC[C@]12C)CC. The average molecular weight is 453 g/mol. The molecule has 0 aliphatic heterocycles. The molecule has 4 aliphatic rings. The van der Waals surface area contributed by atoms with Crippen LogP contribution in [0.1, 0.15) is 92.4 Å². The van der Waals surface area contributed by atoms with Gasteiger partial charge in [-0.15, -0.1) is 5.92 Å². The Morgan fingerprint density at radius 1 is 1.15 bits per heavy atom. The third kappa shape index (κ3) is 4.07. The standard InChI is InChI=1S/C30H44O3/c1-6-30(33,7-2)16-9-8-10-20(3)24-13-14-25-23-12-11-21-18-22(31)19-27(32)29(21,5)26(23)15-17-28(24,25)4/h11-13,20,22,25-27,31-33H,6-8,10,14-15,17-19H2,1-5H3/t20?,22?,25-,26-,27?,28+,29-/m0/s1. The lowest BCUT2D eigenvalue weighted by Crippen LogP contribution is -2.52. The highest BCUT2D eigenvalue weighted by Gasteiger charge is 2.56. The fraction of sp³-hybridized carbons (Fsp3) is 0.733. The quantitative estimate of drug-likeness (QED) is 0.370. The predicted molar refractivity (Wildman–Crippen MR) is 134 cm³/mol. The second kappa shape index (κ2) is 9.03. The van der Waals surface area contributed by atoms with Gasteiger partial charge >= 0.3 is 0 Å². The van der Waals surface area contributed by atoms with Crippen molar-refractivity contribution in [3.8, 4) is 11.8 Å².